The minimum atomic E-state index is 0. The summed E-state index contributed by atoms with van der Waals surface area (Å²) in [6.07, 6.45) is 0. The predicted octanol–water partition coefficient (Wildman–Crippen LogP) is 2.85. The van der Waals surface area contributed by atoms with Gasteiger partial charge in [0.25, 0.3) is 0 Å². The number of aromatic nitrogens is 2. The van der Waals surface area contributed by atoms with E-state index in [1.807, 2.05) is 24.3 Å². The lowest BCUT2D eigenvalue weighted by molar-refractivity contribution is 1.40. The van der Waals surface area contributed by atoms with Crippen molar-refractivity contribution in [2.45, 2.75) is 0 Å². The number of pyridine rings is 1. The lowest BCUT2D eigenvalue weighted by Crippen LogP contribution is -1.91. The van der Waals surface area contributed by atoms with Gasteiger partial charge in [-0.2, -0.15) is 0 Å². The Morgan fingerprint density at radius 1 is 1.20 bits per heavy atom. The number of nitrogens with two attached hydrogens (primary N) is 1. The largest absolute Gasteiger partial charge is 0.382 e. The molecule has 0 atom stereocenters. The van der Waals surface area contributed by atoms with Crippen molar-refractivity contribution in [1.82, 2.24) is 9.97 Å². The second kappa shape index (κ2) is 3.64. The smallest absolute Gasteiger partial charge is 0.151 e. The molecule has 2 N–H and O–H groups in total. The van der Waals surface area contributed by atoms with Gasteiger partial charge in [0.15, 0.2) is 5.82 Å². The molecule has 0 radical (unpaired) electrons. The summed E-state index contributed by atoms with van der Waals surface area (Å²) in [4.78, 5) is 8.50. The number of anilines is 1. The first-order valence-corrected chi connectivity index (χ1v) is 5.11. The van der Waals surface area contributed by atoms with Gasteiger partial charge in [0.05, 0.1) is 15.7 Å². The molecule has 15 heavy (non-hydrogen) atoms. The van der Waals surface area contributed by atoms with Crippen molar-refractivity contribution < 1.29 is 0 Å². The number of nitrogens with zero attached hydrogens (tertiary/aromatic N) is 2. The lowest BCUT2D eigenvalue weighted by atomic mass is 10.2. The fraction of sp³-hybridized carbons (Fsp3) is 0. The molecule has 0 aliphatic rings. The number of hydrogen-bond donors (Lipinski definition) is 1. The Morgan fingerprint density at radius 3 is 2.87 bits per heavy atom. The van der Waals surface area contributed by atoms with Crippen molar-refractivity contribution >= 4 is 50.7 Å². The third-order valence-electron chi connectivity index (χ3n) is 2.20. The molecule has 0 saturated heterocycles. The minimum Gasteiger partial charge on any atom is -0.382 e. The molecule has 0 unspecified atom stereocenters. The Balaban J connectivity index is 0.000000853. The number of rotatable bonds is 0. The monoisotopic (exact) mass is 237 g/mol. The molecular weight excluding hydrogens is 230 g/mol. The SMILES string of the molecule is Cl.Nc1nc2ccccc2c2scnc12. The van der Waals surface area contributed by atoms with Crippen LogP contribution in [0.3, 0.4) is 0 Å². The number of benzene rings is 1. The van der Waals surface area contributed by atoms with Crippen LogP contribution in [0.4, 0.5) is 5.82 Å². The maximum Gasteiger partial charge on any atom is 0.151 e. The predicted molar refractivity (Wildman–Crippen MR) is 66.6 cm³/mol. The minimum absolute atomic E-state index is 0. The topological polar surface area (TPSA) is 51.8 Å². The normalized spacial score (nSPS) is 10.4. The Hall–Kier alpha value is -1.39. The number of nitrogen functional groups attached to an aromatic ring is 1. The van der Waals surface area contributed by atoms with Crippen LogP contribution in [-0.2, 0) is 0 Å². The third kappa shape index (κ3) is 1.42. The van der Waals surface area contributed by atoms with Crippen LogP contribution in [0.5, 0.6) is 0 Å². The van der Waals surface area contributed by atoms with Crippen LogP contribution in [0.2, 0.25) is 0 Å². The van der Waals surface area contributed by atoms with Crippen LogP contribution in [0.25, 0.3) is 21.1 Å². The third-order valence-corrected chi connectivity index (χ3v) is 3.06. The molecule has 0 aliphatic heterocycles. The van der Waals surface area contributed by atoms with Gasteiger partial charge in [-0.15, -0.1) is 23.7 Å². The summed E-state index contributed by atoms with van der Waals surface area (Å²) >= 11 is 1.60. The van der Waals surface area contributed by atoms with E-state index in [2.05, 4.69) is 9.97 Å². The number of fused-ring (bicyclic) bond motifs is 3. The summed E-state index contributed by atoms with van der Waals surface area (Å²) in [7, 11) is 0. The molecule has 0 aliphatic carbocycles. The van der Waals surface area contributed by atoms with Gasteiger partial charge in [-0.05, 0) is 6.07 Å². The van der Waals surface area contributed by atoms with E-state index in [9.17, 15) is 0 Å². The second-order valence-corrected chi connectivity index (χ2v) is 3.90. The molecule has 0 fully saturated rings. The van der Waals surface area contributed by atoms with Gasteiger partial charge in [-0.25, -0.2) is 9.97 Å². The Kier molecular flexibility index (Phi) is 2.46. The molecule has 0 amide bonds. The van der Waals surface area contributed by atoms with Crippen molar-refractivity contribution in [3.8, 4) is 0 Å². The molecule has 0 saturated carbocycles. The first-order chi connectivity index (χ1) is 6.86. The maximum atomic E-state index is 5.80. The van der Waals surface area contributed by atoms with E-state index >= 15 is 0 Å². The molecule has 3 nitrogen and oxygen atoms in total. The average molecular weight is 238 g/mol. The van der Waals surface area contributed by atoms with E-state index in [1.165, 1.54) is 0 Å². The van der Waals surface area contributed by atoms with Crippen LogP contribution >= 0.6 is 23.7 Å². The van der Waals surface area contributed by atoms with E-state index < -0.39 is 0 Å². The standard InChI is InChI=1S/C10H7N3S.ClH/c11-10-8-9(14-5-12-8)6-3-1-2-4-7(6)13-10;/h1-5H,(H2,11,13);1H. The van der Waals surface area contributed by atoms with Crippen LogP contribution in [0.1, 0.15) is 0 Å². The maximum absolute atomic E-state index is 5.80. The van der Waals surface area contributed by atoms with Gasteiger partial charge in [0.2, 0.25) is 0 Å². The summed E-state index contributed by atoms with van der Waals surface area (Å²) < 4.78 is 1.12. The number of halogens is 1. The highest BCUT2D eigenvalue weighted by atomic mass is 35.5. The van der Waals surface area contributed by atoms with Crippen LogP contribution < -0.4 is 5.73 Å². The summed E-state index contributed by atoms with van der Waals surface area (Å²) in [6.45, 7) is 0. The van der Waals surface area contributed by atoms with Gasteiger partial charge in [-0.3, -0.25) is 0 Å². The second-order valence-electron chi connectivity index (χ2n) is 3.04. The van der Waals surface area contributed by atoms with Crippen molar-refractivity contribution in [3.63, 3.8) is 0 Å². The highest BCUT2D eigenvalue weighted by molar-refractivity contribution is 7.17. The van der Waals surface area contributed by atoms with Crippen molar-refractivity contribution in [3.05, 3.63) is 29.8 Å². The van der Waals surface area contributed by atoms with Crippen molar-refractivity contribution in [2.75, 3.05) is 5.73 Å². The Bertz CT molecular complexity index is 620. The number of thiazole rings is 1. The highest BCUT2D eigenvalue weighted by Crippen LogP contribution is 2.29. The molecule has 5 heteroatoms. The van der Waals surface area contributed by atoms with E-state index in [0.717, 1.165) is 21.1 Å². The van der Waals surface area contributed by atoms with Gasteiger partial charge in [0.1, 0.15) is 5.52 Å². The fourth-order valence-electron chi connectivity index (χ4n) is 1.57. The molecule has 3 aromatic rings. The summed E-state index contributed by atoms with van der Waals surface area (Å²) in [5, 5.41) is 1.12. The first-order valence-electron chi connectivity index (χ1n) is 4.23. The first kappa shape index (κ1) is 10.1. The summed E-state index contributed by atoms with van der Waals surface area (Å²) in [5.74, 6) is 0.514. The fourth-order valence-corrected chi connectivity index (χ4v) is 2.40. The Morgan fingerprint density at radius 2 is 2.00 bits per heavy atom. The van der Waals surface area contributed by atoms with Gasteiger partial charge < -0.3 is 5.73 Å². The van der Waals surface area contributed by atoms with Crippen LogP contribution in [0.15, 0.2) is 29.8 Å². The average Bonchev–Trinajstić information content (AvgIpc) is 2.67. The van der Waals surface area contributed by atoms with Gasteiger partial charge in [0, 0.05) is 5.39 Å². The quantitative estimate of drug-likeness (QED) is 0.654. The van der Waals surface area contributed by atoms with E-state index in [0.29, 0.717) is 5.82 Å². The number of hydrogen-bond acceptors (Lipinski definition) is 4. The lowest BCUT2D eigenvalue weighted by Gasteiger charge is -1.99. The van der Waals surface area contributed by atoms with E-state index in [4.69, 9.17) is 5.73 Å². The molecule has 2 aromatic heterocycles. The molecule has 0 spiro atoms. The van der Waals surface area contributed by atoms with Crippen LogP contribution in [-0.4, -0.2) is 9.97 Å². The van der Waals surface area contributed by atoms with Gasteiger partial charge >= 0.3 is 0 Å². The van der Waals surface area contributed by atoms with Crippen molar-refractivity contribution in [1.29, 1.82) is 0 Å². The zero-order chi connectivity index (χ0) is 9.54. The molecule has 76 valence electrons. The summed E-state index contributed by atoms with van der Waals surface area (Å²) in [6, 6.07) is 7.97. The van der Waals surface area contributed by atoms with E-state index in [-0.39, 0.29) is 12.4 Å². The van der Waals surface area contributed by atoms with E-state index in [1.54, 1.807) is 16.8 Å². The van der Waals surface area contributed by atoms with Gasteiger partial charge in [-0.1, -0.05) is 18.2 Å². The zero-order valence-corrected chi connectivity index (χ0v) is 9.31. The zero-order valence-electron chi connectivity index (χ0n) is 7.68. The molecule has 0 bridgehead atoms. The number of para-hydroxylation sites is 1. The van der Waals surface area contributed by atoms with Crippen LogP contribution in [0, 0.1) is 0 Å². The molecular formula is C10H8ClN3S. The molecule has 1 aromatic carbocycles. The summed E-state index contributed by atoms with van der Waals surface area (Å²) in [5.41, 5.74) is 9.35. The van der Waals surface area contributed by atoms with Crippen molar-refractivity contribution in [2.24, 2.45) is 0 Å². The molecule has 2 heterocycles. The Labute approximate surface area is 96.4 Å². The molecule has 3 rings (SSSR count). The highest BCUT2D eigenvalue weighted by Gasteiger charge is 2.07.